The summed E-state index contributed by atoms with van der Waals surface area (Å²) in [7, 11) is 0. The van der Waals surface area contributed by atoms with E-state index in [1.54, 1.807) is 6.92 Å². The molecule has 1 aromatic carbocycles. The van der Waals surface area contributed by atoms with Gasteiger partial charge < -0.3 is 10.4 Å². The molecule has 2 aromatic rings. The van der Waals surface area contributed by atoms with Gasteiger partial charge in [-0.1, -0.05) is 30.3 Å². The lowest BCUT2D eigenvalue weighted by molar-refractivity contribution is 0.0941. The quantitative estimate of drug-likeness (QED) is 0.778. The summed E-state index contributed by atoms with van der Waals surface area (Å²) in [4.78, 5) is 12.0. The average Bonchev–Trinajstić information content (AvgIpc) is 2.79. The first-order valence-corrected chi connectivity index (χ1v) is 6.62. The monoisotopic (exact) mass is 273 g/mol. The van der Waals surface area contributed by atoms with E-state index in [0.29, 0.717) is 24.2 Å². The van der Waals surface area contributed by atoms with E-state index < -0.39 is 6.10 Å². The Morgan fingerprint density at radius 1 is 1.35 bits per heavy atom. The molecule has 1 heterocycles. The average molecular weight is 273 g/mol. The highest BCUT2D eigenvalue weighted by Crippen LogP contribution is 2.15. The van der Waals surface area contributed by atoms with E-state index in [1.807, 2.05) is 37.3 Å². The van der Waals surface area contributed by atoms with Crippen molar-refractivity contribution in [3.63, 3.8) is 0 Å². The van der Waals surface area contributed by atoms with Gasteiger partial charge in [-0.25, -0.2) is 0 Å². The first kappa shape index (κ1) is 14.3. The maximum atomic E-state index is 12.0. The van der Waals surface area contributed by atoms with E-state index in [4.69, 9.17) is 0 Å². The summed E-state index contributed by atoms with van der Waals surface area (Å²) in [6, 6.07) is 9.42. The highest BCUT2D eigenvalue weighted by Gasteiger charge is 2.15. The lowest BCUT2D eigenvalue weighted by Crippen LogP contribution is -2.26. The van der Waals surface area contributed by atoms with Crippen molar-refractivity contribution in [1.29, 1.82) is 0 Å². The molecule has 106 valence electrons. The van der Waals surface area contributed by atoms with Crippen LogP contribution in [0.4, 0.5) is 0 Å². The van der Waals surface area contributed by atoms with Gasteiger partial charge in [-0.05, 0) is 25.8 Å². The number of rotatable bonds is 5. The lowest BCUT2D eigenvalue weighted by atomic mass is 10.1. The Hall–Kier alpha value is -2.14. The number of aromatic amines is 1. The number of carbonyl (C=O) groups is 1. The molecule has 0 spiro atoms. The molecule has 20 heavy (non-hydrogen) atoms. The number of aliphatic hydroxyl groups is 1. The minimum Gasteiger partial charge on any atom is -0.388 e. The van der Waals surface area contributed by atoms with E-state index in [2.05, 4.69) is 15.5 Å². The number of aryl methyl sites for hydroxylation is 2. The Morgan fingerprint density at radius 2 is 2.05 bits per heavy atom. The molecule has 0 radical (unpaired) electrons. The van der Waals surface area contributed by atoms with Gasteiger partial charge in [0.05, 0.1) is 17.4 Å². The molecule has 1 unspecified atom stereocenters. The van der Waals surface area contributed by atoms with E-state index in [1.165, 1.54) is 0 Å². The van der Waals surface area contributed by atoms with Crippen LogP contribution in [0.3, 0.4) is 0 Å². The summed E-state index contributed by atoms with van der Waals surface area (Å²) in [5, 5.41) is 19.6. The first-order valence-electron chi connectivity index (χ1n) is 6.62. The number of aliphatic hydroxyl groups excluding tert-OH is 1. The number of hydrogen-bond donors (Lipinski definition) is 3. The first-order chi connectivity index (χ1) is 9.59. The molecule has 1 amide bonds. The van der Waals surface area contributed by atoms with Crippen LogP contribution in [0.25, 0.3) is 0 Å². The summed E-state index contributed by atoms with van der Waals surface area (Å²) in [6.07, 6.45) is -0.0887. The van der Waals surface area contributed by atoms with Gasteiger partial charge in [-0.15, -0.1) is 0 Å². The number of amides is 1. The number of carbonyl (C=O) groups excluding carboxylic acids is 1. The zero-order valence-electron chi connectivity index (χ0n) is 11.7. The summed E-state index contributed by atoms with van der Waals surface area (Å²) < 4.78 is 0. The standard InChI is InChI=1S/C15H19N3O2/c1-10-14(11(2)18-17-10)15(20)16-9-8-13(19)12-6-4-3-5-7-12/h3-7,13,19H,8-9H2,1-2H3,(H,16,20)(H,17,18). The lowest BCUT2D eigenvalue weighted by Gasteiger charge is -2.11. The SMILES string of the molecule is Cc1n[nH]c(C)c1C(=O)NCCC(O)c1ccccc1. The molecule has 0 saturated heterocycles. The second-order valence-corrected chi connectivity index (χ2v) is 4.78. The van der Waals surface area contributed by atoms with Crippen molar-refractivity contribution in [1.82, 2.24) is 15.5 Å². The molecule has 3 N–H and O–H groups in total. The van der Waals surface area contributed by atoms with Gasteiger partial charge >= 0.3 is 0 Å². The van der Waals surface area contributed by atoms with E-state index >= 15 is 0 Å². The van der Waals surface area contributed by atoms with Gasteiger partial charge in [0, 0.05) is 12.2 Å². The van der Waals surface area contributed by atoms with Crippen LogP contribution >= 0.6 is 0 Å². The zero-order chi connectivity index (χ0) is 14.5. The van der Waals surface area contributed by atoms with Crippen molar-refractivity contribution in [2.45, 2.75) is 26.4 Å². The van der Waals surface area contributed by atoms with Gasteiger partial charge in [-0.3, -0.25) is 9.89 Å². The summed E-state index contributed by atoms with van der Waals surface area (Å²) in [5.41, 5.74) is 2.88. The number of benzene rings is 1. The van der Waals surface area contributed by atoms with Crippen LogP contribution in [0.2, 0.25) is 0 Å². The summed E-state index contributed by atoms with van der Waals surface area (Å²) >= 11 is 0. The molecular formula is C15H19N3O2. The number of H-pyrrole nitrogens is 1. The summed E-state index contributed by atoms with van der Waals surface area (Å²) in [6.45, 7) is 4.02. The molecule has 5 nitrogen and oxygen atoms in total. The van der Waals surface area contributed by atoms with Crippen molar-refractivity contribution in [3.8, 4) is 0 Å². The van der Waals surface area contributed by atoms with Gasteiger partial charge in [0.2, 0.25) is 0 Å². The fraction of sp³-hybridized carbons (Fsp3) is 0.333. The van der Waals surface area contributed by atoms with Crippen LogP contribution in [0.5, 0.6) is 0 Å². The highest BCUT2D eigenvalue weighted by molar-refractivity contribution is 5.96. The number of aromatic nitrogens is 2. The Bertz CT molecular complexity index is 559. The molecule has 1 atom stereocenters. The third-order valence-electron chi connectivity index (χ3n) is 3.24. The Kier molecular flexibility index (Phi) is 4.53. The molecule has 0 aliphatic carbocycles. The topological polar surface area (TPSA) is 78.0 Å². The van der Waals surface area contributed by atoms with Crippen molar-refractivity contribution in [2.75, 3.05) is 6.54 Å². The molecule has 0 aliphatic heterocycles. The molecule has 2 rings (SSSR count). The van der Waals surface area contributed by atoms with Crippen LogP contribution in [0.15, 0.2) is 30.3 Å². The van der Waals surface area contributed by atoms with E-state index in [9.17, 15) is 9.90 Å². The van der Waals surface area contributed by atoms with Crippen LogP contribution in [-0.2, 0) is 0 Å². The molecule has 1 aromatic heterocycles. The number of nitrogens with one attached hydrogen (secondary N) is 2. The maximum Gasteiger partial charge on any atom is 0.255 e. The third kappa shape index (κ3) is 3.24. The summed E-state index contributed by atoms with van der Waals surface area (Å²) in [5.74, 6) is -0.158. The second-order valence-electron chi connectivity index (χ2n) is 4.78. The molecule has 0 aliphatic rings. The molecular weight excluding hydrogens is 254 g/mol. The van der Waals surface area contributed by atoms with E-state index in [-0.39, 0.29) is 5.91 Å². The van der Waals surface area contributed by atoms with Gasteiger partial charge in [0.25, 0.3) is 5.91 Å². The largest absolute Gasteiger partial charge is 0.388 e. The molecule has 0 saturated carbocycles. The van der Waals surface area contributed by atoms with Gasteiger partial charge in [0.15, 0.2) is 0 Å². The van der Waals surface area contributed by atoms with E-state index in [0.717, 1.165) is 11.3 Å². The minimum atomic E-state index is -0.567. The number of nitrogens with zero attached hydrogens (tertiary/aromatic N) is 1. The fourth-order valence-corrected chi connectivity index (χ4v) is 2.14. The minimum absolute atomic E-state index is 0.158. The van der Waals surface area contributed by atoms with Crippen LogP contribution in [0.1, 0.15) is 39.8 Å². The van der Waals surface area contributed by atoms with Crippen molar-refractivity contribution < 1.29 is 9.90 Å². The predicted molar refractivity (Wildman–Crippen MR) is 76.4 cm³/mol. The third-order valence-corrected chi connectivity index (χ3v) is 3.24. The van der Waals surface area contributed by atoms with Gasteiger partial charge in [0.1, 0.15) is 0 Å². The zero-order valence-corrected chi connectivity index (χ0v) is 11.7. The van der Waals surface area contributed by atoms with Crippen molar-refractivity contribution in [2.24, 2.45) is 0 Å². The smallest absolute Gasteiger partial charge is 0.255 e. The van der Waals surface area contributed by atoms with Crippen LogP contribution in [-0.4, -0.2) is 27.8 Å². The normalized spacial score (nSPS) is 12.2. The van der Waals surface area contributed by atoms with Gasteiger partial charge in [-0.2, -0.15) is 5.10 Å². The number of hydrogen-bond acceptors (Lipinski definition) is 3. The fourth-order valence-electron chi connectivity index (χ4n) is 2.14. The van der Waals surface area contributed by atoms with Crippen molar-refractivity contribution in [3.05, 3.63) is 52.8 Å². The van der Waals surface area contributed by atoms with Crippen molar-refractivity contribution >= 4 is 5.91 Å². The Morgan fingerprint density at radius 3 is 2.65 bits per heavy atom. The van der Waals surface area contributed by atoms with Crippen LogP contribution < -0.4 is 5.32 Å². The Balaban J connectivity index is 1.86. The molecule has 0 fully saturated rings. The maximum absolute atomic E-state index is 12.0. The molecule has 0 bridgehead atoms. The van der Waals surface area contributed by atoms with Crippen LogP contribution in [0, 0.1) is 13.8 Å². The Labute approximate surface area is 118 Å². The predicted octanol–water partition coefficient (Wildman–Crippen LogP) is 1.88. The second kappa shape index (κ2) is 6.34. The highest BCUT2D eigenvalue weighted by atomic mass is 16.3. The molecule has 5 heteroatoms.